The fraction of sp³-hybridized carbons (Fsp3) is 0.625. The van der Waals surface area contributed by atoms with Crippen molar-refractivity contribution in [1.29, 1.82) is 0 Å². The maximum atomic E-state index is 5.79. The molecular weight excluding hydrogens is 236 g/mol. The van der Waals surface area contributed by atoms with Crippen molar-refractivity contribution in [2.24, 2.45) is 5.92 Å². The van der Waals surface area contributed by atoms with E-state index >= 15 is 0 Å². The van der Waals surface area contributed by atoms with E-state index in [-0.39, 0.29) is 0 Å². The van der Waals surface area contributed by atoms with E-state index in [2.05, 4.69) is 41.5 Å². The highest BCUT2D eigenvalue weighted by Gasteiger charge is 2.27. The molecule has 3 nitrogen and oxygen atoms in total. The number of ether oxygens (including phenoxy) is 1. The molecule has 0 aliphatic carbocycles. The first-order chi connectivity index (χ1) is 9.36. The van der Waals surface area contributed by atoms with Gasteiger partial charge in [0.05, 0.1) is 6.61 Å². The largest absolute Gasteiger partial charge is 0.493 e. The summed E-state index contributed by atoms with van der Waals surface area (Å²) in [5.41, 5.74) is 1.40. The Balaban J connectivity index is 1.60. The van der Waals surface area contributed by atoms with Crippen molar-refractivity contribution in [2.45, 2.75) is 18.8 Å². The van der Waals surface area contributed by atoms with Gasteiger partial charge in [-0.15, -0.1) is 0 Å². The molecule has 0 aromatic heterocycles. The Labute approximate surface area is 115 Å². The van der Waals surface area contributed by atoms with E-state index in [0.29, 0.717) is 5.92 Å². The van der Waals surface area contributed by atoms with Crippen molar-refractivity contribution in [2.75, 3.05) is 39.8 Å². The van der Waals surface area contributed by atoms with Crippen molar-refractivity contribution >= 4 is 0 Å². The fourth-order valence-electron chi connectivity index (χ4n) is 3.46. The molecule has 2 aliphatic heterocycles. The third-order valence-electron chi connectivity index (χ3n) is 4.37. The summed E-state index contributed by atoms with van der Waals surface area (Å²) >= 11 is 0. The lowest BCUT2D eigenvalue weighted by molar-refractivity contribution is 0.158. The Bertz CT molecular complexity index is 419. The highest BCUT2D eigenvalue weighted by atomic mass is 16.5. The van der Waals surface area contributed by atoms with Crippen LogP contribution in [0.4, 0.5) is 0 Å². The van der Waals surface area contributed by atoms with Crippen molar-refractivity contribution in [3.63, 3.8) is 0 Å². The number of para-hydroxylation sites is 1. The standard InChI is InChI=1S/C16H24N2O/c1-17-9-13-5-4-8-18(10-13)11-14-12-19-16-7-3-2-6-15(14)16/h2-3,6-7,13-14,17H,4-5,8-12H2,1H3. The topological polar surface area (TPSA) is 24.5 Å². The van der Waals surface area contributed by atoms with Crippen LogP contribution in [0.15, 0.2) is 24.3 Å². The summed E-state index contributed by atoms with van der Waals surface area (Å²) < 4.78 is 5.79. The molecule has 0 radical (unpaired) electrons. The van der Waals surface area contributed by atoms with E-state index in [1.54, 1.807) is 0 Å². The number of nitrogens with one attached hydrogen (secondary N) is 1. The zero-order valence-corrected chi connectivity index (χ0v) is 11.8. The number of piperidine rings is 1. The average Bonchev–Trinajstić information content (AvgIpc) is 2.83. The van der Waals surface area contributed by atoms with Gasteiger partial charge in [0, 0.05) is 24.6 Å². The van der Waals surface area contributed by atoms with Crippen molar-refractivity contribution in [3.8, 4) is 5.75 Å². The summed E-state index contributed by atoms with van der Waals surface area (Å²) in [6.07, 6.45) is 2.71. The Morgan fingerprint density at radius 3 is 3.16 bits per heavy atom. The van der Waals surface area contributed by atoms with Gasteiger partial charge in [0.15, 0.2) is 0 Å². The maximum Gasteiger partial charge on any atom is 0.122 e. The van der Waals surface area contributed by atoms with Gasteiger partial charge in [0.2, 0.25) is 0 Å². The molecule has 3 rings (SSSR count). The molecule has 2 aliphatic rings. The molecule has 2 atom stereocenters. The van der Waals surface area contributed by atoms with Crippen molar-refractivity contribution in [3.05, 3.63) is 29.8 Å². The van der Waals surface area contributed by atoms with E-state index in [1.807, 2.05) is 0 Å². The van der Waals surface area contributed by atoms with Crippen LogP contribution < -0.4 is 10.1 Å². The van der Waals surface area contributed by atoms with E-state index in [0.717, 1.165) is 31.4 Å². The second-order valence-electron chi connectivity index (χ2n) is 5.87. The fourth-order valence-corrected chi connectivity index (χ4v) is 3.46. The summed E-state index contributed by atoms with van der Waals surface area (Å²) in [5, 5.41) is 3.32. The van der Waals surface area contributed by atoms with Crippen LogP contribution in [0.5, 0.6) is 5.75 Å². The van der Waals surface area contributed by atoms with E-state index in [4.69, 9.17) is 4.74 Å². The van der Waals surface area contributed by atoms with Crippen LogP contribution in [0.1, 0.15) is 24.3 Å². The van der Waals surface area contributed by atoms with Crippen LogP contribution in [-0.2, 0) is 0 Å². The number of nitrogens with zero attached hydrogens (tertiary/aromatic N) is 1. The summed E-state index contributed by atoms with van der Waals surface area (Å²) in [6, 6.07) is 8.50. The molecule has 1 saturated heterocycles. The van der Waals surface area contributed by atoms with Gasteiger partial charge in [0.25, 0.3) is 0 Å². The Kier molecular flexibility index (Phi) is 4.04. The number of benzene rings is 1. The highest BCUT2D eigenvalue weighted by Crippen LogP contribution is 2.34. The third kappa shape index (κ3) is 2.93. The number of likely N-dealkylation sites (tertiary alicyclic amines) is 1. The van der Waals surface area contributed by atoms with Crippen LogP contribution in [-0.4, -0.2) is 44.7 Å². The molecule has 0 bridgehead atoms. The minimum absolute atomic E-state index is 0.560. The molecule has 1 aromatic carbocycles. The van der Waals surface area contributed by atoms with Crippen LogP contribution in [0.3, 0.4) is 0 Å². The zero-order chi connectivity index (χ0) is 13.1. The minimum atomic E-state index is 0.560. The van der Waals surface area contributed by atoms with Gasteiger partial charge in [-0.2, -0.15) is 0 Å². The number of hydrogen-bond donors (Lipinski definition) is 1. The quantitative estimate of drug-likeness (QED) is 0.897. The molecule has 2 heterocycles. The van der Waals surface area contributed by atoms with Gasteiger partial charge in [-0.3, -0.25) is 0 Å². The van der Waals surface area contributed by atoms with Crippen LogP contribution in [0.25, 0.3) is 0 Å². The minimum Gasteiger partial charge on any atom is -0.493 e. The smallest absolute Gasteiger partial charge is 0.122 e. The number of fused-ring (bicyclic) bond motifs is 1. The van der Waals surface area contributed by atoms with Gasteiger partial charge in [0.1, 0.15) is 5.75 Å². The molecule has 1 aromatic rings. The highest BCUT2D eigenvalue weighted by molar-refractivity contribution is 5.39. The zero-order valence-electron chi connectivity index (χ0n) is 11.8. The summed E-state index contributed by atoms with van der Waals surface area (Å²) in [5.74, 6) is 2.47. The summed E-state index contributed by atoms with van der Waals surface area (Å²) in [4.78, 5) is 2.63. The second-order valence-corrected chi connectivity index (χ2v) is 5.87. The predicted octanol–water partition coefficient (Wildman–Crippen LogP) is 2.09. The van der Waals surface area contributed by atoms with Gasteiger partial charge in [-0.05, 0) is 45.0 Å². The van der Waals surface area contributed by atoms with E-state index in [9.17, 15) is 0 Å². The second kappa shape index (κ2) is 5.93. The predicted molar refractivity (Wildman–Crippen MR) is 77.8 cm³/mol. The SMILES string of the molecule is CNCC1CCCN(CC2COc3ccccc32)C1. The maximum absolute atomic E-state index is 5.79. The van der Waals surface area contributed by atoms with E-state index < -0.39 is 0 Å². The number of rotatable bonds is 4. The van der Waals surface area contributed by atoms with Gasteiger partial charge >= 0.3 is 0 Å². The lowest BCUT2D eigenvalue weighted by Gasteiger charge is -2.34. The first kappa shape index (κ1) is 12.9. The third-order valence-corrected chi connectivity index (χ3v) is 4.37. The monoisotopic (exact) mass is 260 g/mol. The first-order valence-corrected chi connectivity index (χ1v) is 7.45. The summed E-state index contributed by atoms with van der Waals surface area (Å²) in [6.45, 7) is 5.64. The molecule has 1 N–H and O–H groups in total. The molecule has 0 amide bonds. The number of hydrogen-bond acceptors (Lipinski definition) is 3. The molecule has 2 unspecified atom stereocenters. The molecule has 19 heavy (non-hydrogen) atoms. The van der Waals surface area contributed by atoms with Gasteiger partial charge in [-0.1, -0.05) is 18.2 Å². The molecular formula is C16H24N2O. The first-order valence-electron chi connectivity index (χ1n) is 7.45. The lowest BCUT2D eigenvalue weighted by atomic mass is 9.95. The van der Waals surface area contributed by atoms with Crippen molar-refractivity contribution in [1.82, 2.24) is 10.2 Å². The van der Waals surface area contributed by atoms with Crippen LogP contribution >= 0.6 is 0 Å². The molecule has 0 saturated carbocycles. The van der Waals surface area contributed by atoms with Gasteiger partial charge < -0.3 is 15.0 Å². The van der Waals surface area contributed by atoms with Gasteiger partial charge in [-0.25, -0.2) is 0 Å². The lowest BCUT2D eigenvalue weighted by Crippen LogP contribution is -2.41. The van der Waals surface area contributed by atoms with Crippen LogP contribution in [0.2, 0.25) is 0 Å². The Morgan fingerprint density at radius 2 is 2.26 bits per heavy atom. The average molecular weight is 260 g/mol. The van der Waals surface area contributed by atoms with Crippen LogP contribution in [0, 0.1) is 5.92 Å². The van der Waals surface area contributed by atoms with E-state index in [1.165, 1.54) is 31.5 Å². The Morgan fingerprint density at radius 1 is 1.37 bits per heavy atom. The molecule has 3 heteroatoms. The molecule has 104 valence electrons. The molecule has 0 spiro atoms. The Hall–Kier alpha value is -1.06. The van der Waals surface area contributed by atoms with Crippen molar-refractivity contribution < 1.29 is 4.74 Å². The summed E-state index contributed by atoms with van der Waals surface area (Å²) in [7, 11) is 2.06. The molecule has 1 fully saturated rings. The normalized spacial score (nSPS) is 27.0.